The molecular weight excluding hydrogens is 392 g/mol. The smallest absolute Gasteiger partial charge is 0.254 e. The van der Waals surface area contributed by atoms with E-state index in [-0.39, 0.29) is 18.3 Å². The summed E-state index contributed by atoms with van der Waals surface area (Å²) in [6.45, 7) is 6.61. The number of nitrogens with one attached hydrogen (secondary N) is 1. The van der Waals surface area contributed by atoms with E-state index in [1.165, 1.54) is 0 Å². The number of benzene rings is 1. The second-order valence-corrected chi connectivity index (χ2v) is 7.39. The lowest BCUT2D eigenvalue weighted by Gasteiger charge is -2.31. The molecule has 0 bridgehead atoms. The van der Waals surface area contributed by atoms with Crippen LogP contribution >= 0.6 is 28.3 Å². The monoisotopic (exact) mass is 414 g/mol. The van der Waals surface area contributed by atoms with E-state index in [1.807, 2.05) is 31.2 Å². The van der Waals surface area contributed by atoms with Gasteiger partial charge >= 0.3 is 0 Å². The fourth-order valence-corrected chi connectivity index (χ4v) is 3.02. The molecule has 1 amide bonds. The third kappa shape index (κ3) is 5.33. The first kappa shape index (κ1) is 20.7. The van der Waals surface area contributed by atoms with Crippen LogP contribution in [0.4, 0.5) is 0 Å². The van der Waals surface area contributed by atoms with Crippen LogP contribution in [0.15, 0.2) is 41.1 Å². The van der Waals surface area contributed by atoms with Crippen molar-refractivity contribution < 1.29 is 4.79 Å². The molecule has 1 heterocycles. The Balaban J connectivity index is 0.00000288. The van der Waals surface area contributed by atoms with Crippen molar-refractivity contribution in [2.24, 2.45) is 11.7 Å². The molecule has 132 valence electrons. The van der Waals surface area contributed by atoms with E-state index in [0.717, 1.165) is 16.6 Å². The molecule has 2 aromatic rings. The van der Waals surface area contributed by atoms with Crippen LogP contribution in [0.25, 0.3) is 5.69 Å². The highest BCUT2D eigenvalue weighted by atomic mass is 79.9. The summed E-state index contributed by atoms with van der Waals surface area (Å²) >= 11 is 3.43. The van der Waals surface area contributed by atoms with Crippen molar-refractivity contribution in [3.05, 3.63) is 46.7 Å². The minimum atomic E-state index is -0.414. The second kappa shape index (κ2) is 8.65. The van der Waals surface area contributed by atoms with Gasteiger partial charge in [0.1, 0.15) is 0 Å². The molecule has 0 radical (unpaired) electrons. The number of carbonyl (C=O) groups is 1. The number of nitrogens with two attached hydrogens (primary N) is 1. The topological polar surface area (TPSA) is 72.9 Å². The lowest BCUT2D eigenvalue weighted by molar-refractivity contribution is 0.0898. The molecule has 0 saturated carbocycles. The Labute approximate surface area is 157 Å². The molecule has 0 aliphatic rings. The first-order valence-electron chi connectivity index (χ1n) is 7.66. The molecule has 7 heteroatoms. The van der Waals surface area contributed by atoms with E-state index in [4.69, 9.17) is 5.73 Å². The predicted octanol–water partition coefficient (Wildman–Crippen LogP) is 3.55. The van der Waals surface area contributed by atoms with Crippen LogP contribution in [0.3, 0.4) is 0 Å². The normalized spacial score (nSPS) is 13.2. The third-order valence-corrected chi connectivity index (χ3v) is 4.14. The molecular formula is C17H24BrClN4O. The third-order valence-electron chi connectivity index (χ3n) is 3.64. The molecule has 5 nitrogen and oxygen atoms in total. The molecule has 0 fully saturated rings. The largest absolute Gasteiger partial charge is 0.346 e. The molecule has 1 aromatic carbocycles. The van der Waals surface area contributed by atoms with Gasteiger partial charge in [0.05, 0.1) is 17.4 Å². The maximum absolute atomic E-state index is 12.5. The van der Waals surface area contributed by atoms with Gasteiger partial charge < -0.3 is 11.1 Å². The van der Waals surface area contributed by atoms with E-state index in [9.17, 15) is 4.79 Å². The lowest BCUT2D eigenvalue weighted by Crippen LogP contribution is -2.52. The average molecular weight is 416 g/mol. The first-order valence-corrected chi connectivity index (χ1v) is 8.45. The minimum absolute atomic E-state index is 0. The Morgan fingerprint density at radius 2 is 2.17 bits per heavy atom. The Kier molecular flexibility index (Phi) is 7.45. The standard InChI is InChI=1S/C17H23BrN4O.ClH/c1-12(2)8-17(3,11-19)21-16(23)13-9-20-22(10-13)15-6-4-5-14(18)7-15;/h4-7,9-10,12H,8,11,19H2,1-3H3,(H,21,23);1H. The summed E-state index contributed by atoms with van der Waals surface area (Å²) in [5.74, 6) is 0.299. The fourth-order valence-electron chi connectivity index (χ4n) is 2.63. The van der Waals surface area contributed by atoms with Crippen LogP contribution < -0.4 is 11.1 Å². The van der Waals surface area contributed by atoms with E-state index in [0.29, 0.717) is 18.0 Å². The van der Waals surface area contributed by atoms with Gasteiger partial charge in [-0.1, -0.05) is 35.8 Å². The Morgan fingerprint density at radius 1 is 1.46 bits per heavy atom. The summed E-state index contributed by atoms with van der Waals surface area (Å²) in [7, 11) is 0. The number of aromatic nitrogens is 2. The minimum Gasteiger partial charge on any atom is -0.346 e. The summed E-state index contributed by atoms with van der Waals surface area (Å²) in [5, 5.41) is 7.31. The number of rotatable bonds is 6. The maximum Gasteiger partial charge on any atom is 0.254 e. The highest BCUT2D eigenvalue weighted by Crippen LogP contribution is 2.18. The SMILES string of the molecule is CC(C)CC(C)(CN)NC(=O)c1cnn(-c2cccc(Br)c2)c1.Cl. The van der Waals surface area contributed by atoms with Crippen LogP contribution in [0.1, 0.15) is 37.6 Å². The fraction of sp³-hybridized carbons (Fsp3) is 0.412. The molecule has 0 saturated heterocycles. The number of halogens is 2. The van der Waals surface area contributed by atoms with Gasteiger partial charge in [-0.3, -0.25) is 4.79 Å². The predicted molar refractivity (Wildman–Crippen MR) is 103 cm³/mol. The van der Waals surface area contributed by atoms with E-state index in [2.05, 4.69) is 40.2 Å². The van der Waals surface area contributed by atoms with Crippen LogP contribution in [0, 0.1) is 5.92 Å². The molecule has 1 aromatic heterocycles. The van der Waals surface area contributed by atoms with E-state index < -0.39 is 5.54 Å². The molecule has 1 atom stereocenters. The summed E-state index contributed by atoms with van der Waals surface area (Å²) in [6.07, 6.45) is 4.13. The van der Waals surface area contributed by atoms with Crippen molar-refractivity contribution in [1.29, 1.82) is 0 Å². The molecule has 0 aliphatic heterocycles. The van der Waals surface area contributed by atoms with E-state index in [1.54, 1.807) is 17.1 Å². The molecule has 24 heavy (non-hydrogen) atoms. The number of carbonyl (C=O) groups excluding carboxylic acids is 1. The highest BCUT2D eigenvalue weighted by Gasteiger charge is 2.26. The van der Waals surface area contributed by atoms with Crippen molar-refractivity contribution in [1.82, 2.24) is 15.1 Å². The van der Waals surface area contributed by atoms with Gasteiger partial charge in [-0.25, -0.2) is 4.68 Å². The van der Waals surface area contributed by atoms with E-state index >= 15 is 0 Å². The molecule has 3 N–H and O–H groups in total. The number of hydrogen-bond donors (Lipinski definition) is 2. The van der Waals surface area contributed by atoms with Gasteiger partial charge in [0.2, 0.25) is 0 Å². The van der Waals surface area contributed by atoms with Gasteiger partial charge in [-0.05, 0) is 37.5 Å². The Hall–Kier alpha value is -1.37. The quantitative estimate of drug-likeness (QED) is 0.758. The summed E-state index contributed by atoms with van der Waals surface area (Å²) < 4.78 is 2.64. The van der Waals surface area contributed by atoms with Gasteiger partial charge in [-0.15, -0.1) is 12.4 Å². The summed E-state index contributed by atoms with van der Waals surface area (Å²) in [6, 6.07) is 7.74. The van der Waals surface area contributed by atoms with Gasteiger partial charge in [0.15, 0.2) is 0 Å². The molecule has 0 aliphatic carbocycles. The van der Waals surface area contributed by atoms with Crippen LogP contribution in [0.2, 0.25) is 0 Å². The number of hydrogen-bond acceptors (Lipinski definition) is 3. The average Bonchev–Trinajstić information content (AvgIpc) is 2.96. The Bertz CT molecular complexity index is 689. The van der Waals surface area contributed by atoms with Crippen LogP contribution in [0.5, 0.6) is 0 Å². The van der Waals surface area contributed by atoms with Crippen molar-refractivity contribution >= 4 is 34.2 Å². The summed E-state index contributed by atoms with van der Waals surface area (Å²) in [4.78, 5) is 12.5. The van der Waals surface area contributed by atoms with Gasteiger partial charge in [0, 0.05) is 22.8 Å². The maximum atomic E-state index is 12.5. The van der Waals surface area contributed by atoms with Crippen molar-refractivity contribution in [3.8, 4) is 5.69 Å². The van der Waals surface area contributed by atoms with Gasteiger partial charge in [-0.2, -0.15) is 5.10 Å². The second-order valence-electron chi connectivity index (χ2n) is 6.47. The zero-order valence-electron chi connectivity index (χ0n) is 14.1. The van der Waals surface area contributed by atoms with Crippen molar-refractivity contribution in [2.75, 3.05) is 6.54 Å². The molecule has 2 rings (SSSR count). The zero-order chi connectivity index (χ0) is 17.0. The summed E-state index contributed by atoms with van der Waals surface area (Å²) in [5.41, 5.74) is 6.85. The first-order chi connectivity index (χ1) is 10.8. The highest BCUT2D eigenvalue weighted by molar-refractivity contribution is 9.10. The van der Waals surface area contributed by atoms with Crippen LogP contribution in [-0.4, -0.2) is 27.8 Å². The lowest BCUT2D eigenvalue weighted by atomic mass is 9.90. The van der Waals surface area contributed by atoms with Gasteiger partial charge in [0.25, 0.3) is 5.91 Å². The molecule has 0 spiro atoms. The molecule has 1 unspecified atom stereocenters. The number of nitrogens with zero attached hydrogens (tertiary/aromatic N) is 2. The van der Waals surface area contributed by atoms with Crippen molar-refractivity contribution in [3.63, 3.8) is 0 Å². The van der Waals surface area contributed by atoms with Crippen molar-refractivity contribution in [2.45, 2.75) is 32.7 Å². The Morgan fingerprint density at radius 3 is 2.75 bits per heavy atom. The van der Waals surface area contributed by atoms with Crippen LogP contribution in [-0.2, 0) is 0 Å². The number of amides is 1. The zero-order valence-corrected chi connectivity index (χ0v) is 16.5.